The molecule has 1 aliphatic heterocycles. The topological polar surface area (TPSA) is 113 Å². The monoisotopic (exact) mass is 726 g/mol. The van der Waals surface area contributed by atoms with Gasteiger partial charge in [0.2, 0.25) is 11.8 Å². The van der Waals surface area contributed by atoms with Crippen LogP contribution in [0, 0.1) is 23.7 Å². The standard InChI is InChI=1S/C47H38N2O6/c1-55-39-19-11-18-35(44(39)52)42-33-24-25-34-41(46(54)49(45(34)53)32-22-20-31(21-23-32)48-30-16-9-4-10-17-30)37(33)26-38-43(51)36(28-12-5-2-6-13-28)27-40(50)47(38,42)29-14-7-3-8-15-29/h2-24,27,34,37-38,41-42,48,52H,25-26H2,1H3. The summed E-state index contributed by atoms with van der Waals surface area (Å²) in [7, 11) is 1.47. The Labute approximate surface area is 318 Å². The van der Waals surface area contributed by atoms with Crippen LogP contribution in [0.2, 0.25) is 0 Å². The maximum absolute atomic E-state index is 15.2. The molecule has 5 aromatic rings. The van der Waals surface area contributed by atoms with Crippen LogP contribution in [0.3, 0.4) is 0 Å². The number of fused-ring (bicyclic) bond motifs is 4. The number of hydrogen-bond acceptors (Lipinski definition) is 7. The van der Waals surface area contributed by atoms with E-state index in [0.717, 1.165) is 16.9 Å². The minimum absolute atomic E-state index is 0.134. The quantitative estimate of drug-likeness (QED) is 0.129. The van der Waals surface area contributed by atoms with Crippen LogP contribution in [0.5, 0.6) is 11.5 Å². The van der Waals surface area contributed by atoms with Crippen molar-refractivity contribution in [3.63, 3.8) is 0 Å². The van der Waals surface area contributed by atoms with E-state index in [1.165, 1.54) is 18.1 Å². The lowest BCUT2D eigenvalue weighted by molar-refractivity contribution is -0.135. The molecular weight excluding hydrogens is 689 g/mol. The molecule has 1 saturated heterocycles. The number of benzene rings is 5. The first-order chi connectivity index (χ1) is 26.8. The van der Waals surface area contributed by atoms with Crippen molar-refractivity contribution >= 4 is 46.0 Å². The van der Waals surface area contributed by atoms with Gasteiger partial charge < -0.3 is 15.2 Å². The number of phenols is 1. The summed E-state index contributed by atoms with van der Waals surface area (Å²) >= 11 is 0. The van der Waals surface area contributed by atoms with E-state index in [1.54, 1.807) is 30.3 Å². The molecule has 6 atom stereocenters. The number of Topliss-reactive ketones (excluding diaryl/α,β-unsaturated/α-hetero) is 1. The van der Waals surface area contributed by atoms with Gasteiger partial charge in [-0.05, 0) is 78.4 Å². The summed E-state index contributed by atoms with van der Waals surface area (Å²) in [5, 5.41) is 15.2. The van der Waals surface area contributed by atoms with Crippen molar-refractivity contribution in [2.45, 2.75) is 24.2 Å². The molecule has 5 aromatic carbocycles. The van der Waals surface area contributed by atoms with Gasteiger partial charge >= 0.3 is 0 Å². The van der Waals surface area contributed by atoms with Gasteiger partial charge in [0, 0.05) is 34.3 Å². The number of allylic oxidation sites excluding steroid dienone is 4. The first kappa shape index (κ1) is 34.2. The van der Waals surface area contributed by atoms with Crippen molar-refractivity contribution in [1.29, 1.82) is 0 Å². The van der Waals surface area contributed by atoms with Crippen LogP contribution >= 0.6 is 0 Å². The Morgan fingerprint density at radius 3 is 2.07 bits per heavy atom. The van der Waals surface area contributed by atoms with Crippen LogP contribution in [0.25, 0.3) is 5.57 Å². The second kappa shape index (κ2) is 13.4. The third-order valence-electron chi connectivity index (χ3n) is 12.1. The van der Waals surface area contributed by atoms with Gasteiger partial charge in [0.15, 0.2) is 23.1 Å². The number of anilines is 3. The molecule has 272 valence electrons. The van der Waals surface area contributed by atoms with Crippen molar-refractivity contribution in [2.75, 3.05) is 17.3 Å². The van der Waals surface area contributed by atoms with Crippen LogP contribution in [-0.2, 0) is 24.6 Å². The second-order valence-electron chi connectivity index (χ2n) is 14.7. The highest BCUT2D eigenvalue weighted by atomic mass is 16.5. The van der Waals surface area contributed by atoms with E-state index >= 15 is 9.59 Å². The normalized spacial score (nSPS) is 25.7. The molecule has 1 heterocycles. The molecule has 2 N–H and O–H groups in total. The first-order valence-corrected chi connectivity index (χ1v) is 18.6. The number of nitrogens with one attached hydrogen (secondary N) is 1. The van der Waals surface area contributed by atoms with Crippen LogP contribution in [0.15, 0.2) is 151 Å². The molecule has 3 aliphatic carbocycles. The first-order valence-electron chi connectivity index (χ1n) is 18.6. The molecule has 2 amide bonds. The fourth-order valence-corrected chi connectivity index (χ4v) is 9.79. The van der Waals surface area contributed by atoms with Gasteiger partial charge in [0.25, 0.3) is 0 Å². The van der Waals surface area contributed by atoms with Gasteiger partial charge in [0.05, 0.1) is 30.0 Å². The third kappa shape index (κ3) is 5.27. The molecule has 0 spiro atoms. The number of hydrogen-bond donors (Lipinski definition) is 2. The Kier molecular flexibility index (Phi) is 8.34. The van der Waals surface area contributed by atoms with Crippen LogP contribution in [-0.4, -0.2) is 35.6 Å². The number of rotatable bonds is 7. The van der Waals surface area contributed by atoms with Crippen LogP contribution < -0.4 is 15.0 Å². The van der Waals surface area contributed by atoms with E-state index in [0.29, 0.717) is 28.0 Å². The number of aromatic hydroxyl groups is 1. The molecule has 0 aromatic heterocycles. The SMILES string of the molecule is COc1cccc(C2C3=CCC4C(=O)N(c5ccc(Nc6ccccc6)cc5)C(=O)C4C3CC3C(=O)C(c4ccccc4)=CC(=O)C32c2ccccc2)c1O. The fourth-order valence-electron chi connectivity index (χ4n) is 9.79. The van der Waals surface area contributed by atoms with Crippen LogP contribution in [0.1, 0.15) is 35.4 Å². The van der Waals surface area contributed by atoms with E-state index < -0.39 is 35.0 Å². The van der Waals surface area contributed by atoms with E-state index in [9.17, 15) is 14.7 Å². The largest absolute Gasteiger partial charge is 0.504 e. The minimum atomic E-state index is -1.46. The lowest BCUT2D eigenvalue weighted by atomic mass is 9.44. The van der Waals surface area contributed by atoms with Crippen molar-refractivity contribution < 1.29 is 29.0 Å². The zero-order valence-corrected chi connectivity index (χ0v) is 30.1. The molecule has 9 rings (SSSR count). The van der Waals surface area contributed by atoms with Gasteiger partial charge in [-0.25, -0.2) is 0 Å². The highest BCUT2D eigenvalue weighted by Crippen LogP contribution is 2.65. The summed E-state index contributed by atoms with van der Waals surface area (Å²) in [6.07, 6.45) is 3.91. The average Bonchev–Trinajstić information content (AvgIpc) is 3.48. The van der Waals surface area contributed by atoms with Gasteiger partial charge in [-0.1, -0.05) is 103 Å². The molecule has 1 saturated carbocycles. The molecule has 2 fully saturated rings. The average molecular weight is 727 g/mol. The summed E-state index contributed by atoms with van der Waals surface area (Å²) in [5.41, 5.74) is 3.53. The van der Waals surface area contributed by atoms with Crippen molar-refractivity contribution in [1.82, 2.24) is 0 Å². The van der Waals surface area contributed by atoms with Crippen molar-refractivity contribution in [3.8, 4) is 11.5 Å². The number of carbonyl (C=O) groups excluding carboxylic acids is 4. The molecule has 55 heavy (non-hydrogen) atoms. The summed E-state index contributed by atoms with van der Waals surface area (Å²) in [4.78, 5) is 60.7. The Morgan fingerprint density at radius 1 is 0.727 bits per heavy atom. The molecule has 6 unspecified atom stereocenters. The molecule has 4 aliphatic rings. The third-order valence-corrected chi connectivity index (χ3v) is 12.1. The number of phenolic OH excluding ortho intramolecular Hbond substituents is 1. The van der Waals surface area contributed by atoms with Gasteiger partial charge in [0.1, 0.15) is 0 Å². The Hall–Kier alpha value is -6.54. The number of methoxy groups -OCH3 is 1. The number of ketones is 2. The number of carbonyl (C=O) groups is 4. The predicted molar refractivity (Wildman–Crippen MR) is 210 cm³/mol. The summed E-state index contributed by atoms with van der Waals surface area (Å²) in [6.45, 7) is 0. The van der Waals surface area contributed by atoms with Crippen LogP contribution in [0.4, 0.5) is 17.1 Å². The van der Waals surface area contributed by atoms with Gasteiger partial charge in [-0.2, -0.15) is 0 Å². The number of ether oxygens (including phenoxy) is 1. The summed E-state index contributed by atoms with van der Waals surface area (Å²) < 4.78 is 5.57. The number of para-hydroxylation sites is 2. The smallest absolute Gasteiger partial charge is 0.238 e. The molecule has 8 nitrogen and oxygen atoms in total. The zero-order chi connectivity index (χ0) is 37.8. The van der Waals surface area contributed by atoms with E-state index in [1.807, 2.05) is 109 Å². The number of nitrogens with zero attached hydrogens (tertiary/aromatic N) is 1. The predicted octanol–water partition coefficient (Wildman–Crippen LogP) is 8.17. The molecule has 0 bridgehead atoms. The van der Waals surface area contributed by atoms with Gasteiger partial charge in [-0.3, -0.25) is 24.1 Å². The maximum atomic E-state index is 15.2. The zero-order valence-electron chi connectivity index (χ0n) is 30.1. The second-order valence-corrected chi connectivity index (χ2v) is 14.7. The fraction of sp³-hybridized carbons (Fsp3) is 0.191. The summed E-state index contributed by atoms with van der Waals surface area (Å²) in [6, 6.07) is 40.6. The highest BCUT2D eigenvalue weighted by molar-refractivity contribution is 6.32. The van der Waals surface area contributed by atoms with Crippen molar-refractivity contribution in [3.05, 3.63) is 168 Å². The maximum Gasteiger partial charge on any atom is 0.238 e. The molecule has 0 radical (unpaired) electrons. The molecule has 8 heteroatoms. The number of imide groups is 1. The van der Waals surface area contributed by atoms with Crippen molar-refractivity contribution in [2.24, 2.45) is 23.7 Å². The highest BCUT2D eigenvalue weighted by Gasteiger charge is 2.66. The Bertz CT molecular complexity index is 2410. The van der Waals surface area contributed by atoms with Gasteiger partial charge in [-0.15, -0.1) is 0 Å². The summed E-state index contributed by atoms with van der Waals surface area (Å²) in [5.74, 6) is -4.73. The Morgan fingerprint density at radius 2 is 1.38 bits per heavy atom. The lowest BCUT2D eigenvalue weighted by Crippen LogP contribution is -2.58. The number of amides is 2. The van der Waals surface area contributed by atoms with E-state index in [-0.39, 0.29) is 47.7 Å². The molecular formula is C47H38N2O6. The Balaban J connectivity index is 1.19. The minimum Gasteiger partial charge on any atom is -0.504 e. The van der Waals surface area contributed by atoms with E-state index in [2.05, 4.69) is 5.32 Å². The lowest BCUT2D eigenvalue weighted by Gasteiger charge is -2.55. The van der Waals surface area contributed by atoms with E-state index in [4.69, 9.17) is 4.74 Å².